The van der Waals surface area contributed by atoms with Gasteiger partial charge < -0.3 is 10.2 Å². The van der Waals surface area contributed by atoms with Gasteiger partial charge in [-0.15, -0.1) is 5.10 Å². The Labute approximate surface area is 92.6 Å². The highest BCUT2D eigenvalue weighted by atomic mass is 32.1. The van der Waals surface area contributed by atoms with Crippen LogP contribution in [0.1, 0.15) is 22.3 Å². The third kappa shape index (κ3) is 1.87. The number of hydrogen-bond acceptors (Lipinski definition) is 5. The summed E-state index contributed by atoms with van der Waals surface area (Å²) in [6.45, 7) is 6.35. The Morgan fingerprint density at radius 2 is 2.40 bits per heavy atom. The summed E-state index contributed by atoms with van der Waals surface area (Å²) in [6, 6.07) is 0.337. The number of aromatic nitrogens is 2. The van der Waals surface area contributed by atoms with E-state index >= 15 is 0 Å². The molecule has 1 aromatic heterocycles. The molecule has 1 saturated heterocycles. The lowest BCUT2D eigenvalue weighted by atomic mass is 10.1. The Kier molecular flexibility index (Phi) is 2.97. The lowest BCUT2D eigenvalue weighted by Gasteiger charge is -2.37. The van der Waals surface area contributed by atoms with Gasteiger partial charge >= 0.3 is 0 Å². The van der Waals surface area contributed by atoms with Crippen LogP contribution in [0.15, 0.2) is 0 Å². The van der Waals surface area contributed by atoms with Crippen molar-refractivity contribution in [1.29, 1.82) is 0 Å². The molecule has 1 fully saturated rings. The number of amides is 1. The Morgan fingerprint density at radius 1 is 1.67 bits per heavy atom. The maximum Gasteiger partial charge on any atom is 0.267 e. The molecule has 1 amide bonds. The summed E-state index contributed by atoms with van der Waals surface area (Å²) in [4.78, 5) is 14.7. The first-order chi connectivity index (χ1) is 7.24. The van der Waals surface area contributed by atoms with Crippen LogP contribution in [0.4, 0.5) is 0 Å². The maximum absolute atomic E-state index is 12.1. The van der Waals surface area contributed by atoms with Crippen LogP contribution in [-0.2, 0) is 0 Å². The SMILES string of the molecule is CCN(C(=O)c1snnc1C)C1CNC1. The van der Waals surface area contributed by atoms with Gasteiger partial charge in [-0.3, -0.25) is 4.79 Å². The van der Waals surface area contributed by atoms with Crippen LogP contribution >= 0.6 is 11.5 Å². The summed E-state index contributed by atoms with van der Waals surface area (Å²) in [5.41, 5.74) is 0.732. The minimum absolute atomic E-state index is 0.0662. The Hall–Kier alpha value is -1.01. The molecular weight excluding hydrogens is 212 g/mol. The molecule has 0 bridgehead atoms. The Balaban J connectivity index is 2.14. The Bertz CT molecular complexity index is 361. The largest absolute Gasteiger partial charge is 0.333 e. The van der Waals surface area contributed by atoms with Crippen molar-refractivity contribution in [3.8, 4) is 0 Å². The zero-order valence-corrected chi connectivity index (χ0v) is 9.67. The van der Waals surface area contributed by atoms with Crippen molar-refractivity contribution >= 4 is 17.4 Å². The summed E-state index contributed by atoms with van der Waals surface area (Å²) >= 11 is 1.18. The second-order valence-corrected chi connectivity index (χ2v) is 4.34. The molecule has 82 valence electrons. The number of carbonyl (C=O) groups is 1. The average molecular weight is 226 g/mol. The number of rotatable bonds is 3. The van der Waals surface area contributed by atoms with E-state index in [-0.39, 0.29) is 5.91 Å². The molecule has 6 heteroatoms. The lowest BCUT2D eigenvalue weighted by molar-refractivity contribution is 0.0634. The summed E-state index contributed by atoms with van der Waals surface area (Å²) in [5, 5.41) is 7.03. The second-order valence-electron chi connectivity index (χ2n) is 3.59. The summed E-state index contributed by atoms with van der Waals surface area (Å²) in [6.07, 6.45) is 0. The van der Waals surface area contributed by atoms with E-state index in [1.165, 1.54) is 11.5 Å². The quantitative estimate of drug-likeness (QED) is 0.804. The fourth-order valence-corrected chi connectivity index (χ4v) is 2.23. The van der Waals surface area contributed by atoms with Crippen LogP contribution in [0, 0.1) is 6.92 Å². The van der Waals surface area contributed by atoms with Gasteiger partial charge in [0.05, 0.1) is 11.7 Å². The average Bonchev–Trinajstić information content (AvgIpc) is 2.56. The number of aryl methyl sites for hydroxylation is 1. The normalized spacial score (nSPS) is 16.1. The zero-order valence-electron chi connectivity index (χ0n) is 8.86. The van der Waals surface area contributed by atoms with E-state index in [1.54, 1.807) is 0 Å². The number of nitrogens with one attached hydrogen (secondary N) is 1. The predicted octanol–water partition coefficient (Wildman–Crippen LogP) is 0.280. The van der Waals surface area contributed by atoms with Gasteiger partial charge in [-0.1, -0.05) is 4.49 Å². The van der Waals surface area contributed by atoms with Crippen LogP contribution in [0.3, 0.4) is 0 Å². The van der Waals surface area contributed by atoms with Crippen molar-refractivity contribution in [2.45, 2.75) is 19.9 Å². The molecule has 15 heavy (non-hydrogen) atoms. The molecule has 0 unspecified atom stereocenters. The maximum atomic E-state index is 12.1. The van der Waals surface area contributed by atoms with Crippen LogP contribution in [0.2, 0.25) is 0 Å². The summed E-state index contributed by atoms with van der Waals surface area (Å²) in [5.74, 6) is 0.0662. The molecule has 0 aliphatic carbocycles. The van der Waals surface area contributed by atoms with Gasteiger partial charge in [0.1, 0.15) is 4.88 Å². The van der Waals surface area contributed by atoms with E-state index in [0.29, 0.717) is 10.9 Å². The van der Waals surface area contributed by atoms with Gasteiger partial charge in [-0.25, -0.2) is 0 Å². The molecule has 5 nitrogen and oxygen atoms in total. The van der Waals surface area contributed by atoms with Crippen molar-refractivity contribution in [2.24, 2.45) is 0 Å². The van der Waals surface area contributed by atoms with Crippen LogP contribution < -0.4 is 5.32 Å². The van der Waals surface area contributed by atoms with Crippen LogP contribution in [-0.4, -0.2) is 46.1 Å². The molecule has 0 spiro atoms. The topological polar surface area (TPSA) is 58.1 Å². The van der Waals surface area contributed by atoms with Crippen molar-refractivity contribution in [3.63, 3.8) is 0 Å². The fraction of sp³-hybridized carbons (Fsp3) is 0.667. The van der Waals surface area contributed by atoms with E-state index < -0.39 is 0 Å². The first-order valence-electron chi connectivity index (χ1n) is 5.04. The van der Waals surface area contributed by atoms with E-state index in [9.17, 15) is 4.79 Å². The number of likely N-dealkylation sites (N-methyl/N-ethyl adjacent to an activating group) is 1. The van der Waals surface area contributed by atoms with Crippen molar-refractivity contribution in [3.05, 3.63) is 10.6 Å². The molecule has 0 radical (unpaired) electrons. The molecule has 1 aliphatic heterocycles. The van der Waals surface area contributed by atoms with E-state index in [1.807, 2.05) is 18.7 Å². The van der Waals surface area contributed by atoms with Crippen LogP contribution in [0.5, 0.6) is 0 Å². The monoisotopic (exact) mass is 226 g/mol. The molecule has 1 aliphatic rings. The smallest absolute Gasteiger partial charge is 0.267 e. The van der Waals surface area contributed by atoms with E-state index in [0.717, 1.165) is 25.3 Å². The zero-order chi connectivity index (χ0) is 10.8. The second kappa shape index (κ2) is 4.24. The molecule has 0 atom stereocenters. The third-order valence-electron chi connectivity index (χ3n) is 2.65. The molecule has 0 aromatic carbocycles. The molecule has 1 aromatic rings. The highest BCUT2D eigenvalue weighted by Crippen LogP contribution is 2.15. The molecule has 1 N–H and O–H groups in total. The summed E-state index contributed by atoms with van der Waals surface area (Å²) < 4.78 is 3.79. The molecule has 2 rings (SSSR count). The fourth-order valence-electron chi connectivity index (χ4n) is 1.62. The Morgan fingerprint density at radius 3 is 2.80 bits per heavy atom. The van der Waals surface area contributed by atoms with E-state index in [2.05, 4.69) is 14.9 Å². The number of hydrogen-bond donors (Lipinski definition) is 1. The summed E-state index contributed by atoms with van der Waals surface area (Å²) in [7, 11) is 0. The van der Waals surface area contributed by atoms with Gasteiger partial charge in [-0.2, -0.15) is 0 Å². The molecule has 2 heterocycles. The minimum Gasteiger partial charge on any atom is -0.333 e. The number of nitrogens with zero attached hydrogens (tertiary/aromatic N) is 3. The van der Waals surface area contributed by atoms with Gasteiger partial charge in [0.15, 0.2) is 0 Å². The predicted molar refractivity (Wildman–Crippen MR) is 58.0 cm³/mol. The van der Waals surface area contributed by atoms with Gasteiger partial charge in [0.25, 0.3) is 5.91 Å². The molecular formula is C9H14N4OS. The highest BCUT2D eigenvalue weighted by molar-refractivity contribution is 7.07. The van der Waals surface area contributed by atoms with Gasteiger partial charge in [0, 0.05) is 19.6 Å². The van der Waals surface area contributed by atoms with Crippen molar-refractivity contribution in [2.75, 3.05) is 19.6 Å². The van der Waals surface area contributed by atoms with E-state index in [4.69, 9.17) is 0 Å². The number of carbonyl (C=O) groups excluding carboxylic acids is 1. The van der Waals surface area contributed by atoms with Gasteiger partial charge in [-0.05, 0) is 25.4 Å². The standard InChI is InChI=1S/C9H14N4OS/c1-3-13(7-4-10-5-7)9(14)8-6(2)11-12-15-8/h7,10H,3-5H2,1-2H3. The van der Waals surface area contributed by atoms with Crippen molar-refractivity contribution in [1.82, 2.24) is 19.8 Å². The highest BCUT2D eigenvalue weighted by Gasteiger charge is 2.29. The minimum atomic E-state index is 0.0662. The van der Waals surface area contributed by atoms with Crippen LogP contribution in [0.25, 0.3) is 0 Å². The third-order valence-corrected chi connectivity index (χ3v) is 3.46. The van der Waals surface area contributed by atoms with Crippen molar-refractivity contribution < 1.29 is 4.79 Å². The lowest BCUT2D eigenvalue weighted by Crippen LogP contribution is -2.58. The first-order valence-corrected chi connectivity index (χ1v) is 5.82. The first kappa shape index (κ1) is 10.5. The van der Waals surface area contributed by atoms with Gasteiger partial charge in [0.2, 0.25) is 0 Å². The molecule has 0 saturated carbocycles.